The Balaban J connectivity index is 1.47. The molecule has 6 aromatic rings. The molecule has 1 aliphatic rings. The minimum absolute atomic E-state index is 0.396. The molecule has 0 saturated heterocycles. The Kier molecular flexibility index (Phi) is 5.86. The Morgan fingerprint density at radius 2 is 0.800 bits per heavy atom. The molecular weight excluding hydrogens is 482 g/mol. The van der Waals surface area contributed by atoms with Crippen molar-refractivity contribution in [2.45, 2.75) is 19.3 Å². The van der Waals surface area contributed by atoms with E-state index in [9.17, 15) is 0 Å². The molecule has 7 rings (SSSR count). The average molecular weight is 514 g/mol. The predicted octanol–water partition coefficient (Wildman–Crippen LogP) is 10.1. The molecular formula is C39H31N. The monoisotopic (exact) mass is 513 g/mol. The van der Waals surface area contributed by atoms with Gasteiger partial charge in [-0.2, -0.15) is 0 Å². The van der Waals surface area contributed by atoms with Crippen LogP contribution in [0.5, 0.6) is 0 Å². The third kappa shape index (κ3) is 3.78. The Morgan fingerprint density at radius 1 is 0.400 bits per heavy atom. The van der Waals surface area contributed by atoms with Gasteiger partial charge in [0.1, 0.15) is 0 Å². The minimum Gasteiger partial charge on any atom is -0.311 e. The highest BCUT2D eigenvalue weighted by molar-refractivity contribution is 5.87. The van der Waals surface area contributed by atoms with E-state index in [1.54, 1.807) is 0 Å². The molecule has 0 aliphatic heterocycles. The maximum atomic E-state index is 2.39. The molecule has 192 valence electrons. The van der Waals surface area contributed by atoms with Crippen LogP contribution in [0.25, 0.3) is 11.1 Å². The van der Waals surface area contributed by atoms with Crippen LogP contribution in [0.3, 0.4) is 0 Å². The Bertz CT molecular complexity index is 1700. The topological polar surface area (TPSA) is 3.24 Å². The molecule has 40 heavy (non-hydrogen) atoms. The highest BCUT2D eigenvalue weighted by Crippen LogP contribution is 2.56. The van der Waals surface area contributed by atoms with E-state index in [-0.39, 0.29) is 0 Å². The third-order valence-electron chi connectivity index (χ3n) is 8.24. The zero-order valence-electron chi connectivity index (χ0n) is 22.9. The van der Waals surface area contributed by atoms with Crippen molar-refractivity contribution in [1.82, 2.24) is 0 Å². The van der Waals surface area contributed by atoms with Crippen LogP contribution < -0.4 is 4.90 Å². The lowest BCUT2D eigenvalue weighted by Gasteiger charge is -2.35. The fourth-order valence-electron chi connectivity index (χ4n) is 6.49. The largest absolute Gasteiger partial charge is 0.311 e. The fourth-order valence-corrected chi connectivity index (χ4v) is 6.49. The summed E-state index contributed by atoms with van der Waals surface area (Å²) in [6.45, 7) is 4.40. The molecule has 0 radical (unpaired) electrons. The second kappa shape index (κ2) is 9.70. The molecule has 1 aliphatic carbocycles. The van der Waals surface area contributed by atoms with Gasteiger partial charge in [-0.3, -0.25) is 0 Å². The van der Waals surface area contributed by atoms with Gasteiger partial charge in [0.05, 0.1) is 5.41 Å². The summed E-state index contributed by atoms with van der Waals surface area (Å²) >= 11 is 0. The number of anilines is 3. The van der Waals surface area contributed by atoms with Crippen molar-refractivity contribution in [2.24, 2.45) is 0 Å². The smallest absolute Gasteiger partial charge is 0.0713 e. The molecule has 0 amide bonds. The molecule has 6 aromatic carbocycles. The van der Waals surface area contributed by atoms with Crippen molar-refractivity contribution in [1.29, 1.82) is 0 Å². The number of benzene rings is 6. The number of rotatable bonds is 5. The molecule has 0 heterocycles. The van der Waals surface area contributed by atoms with E-state index < -0.39 is 5.41 Å². The lowest BCUT2D eigenvalue weighted by atomic mass is 9.67. The Morgan fingerprint density at radius 3 is 1.27 bits per heavy atom. The number of aryl methyl sites for hydroxylation is 2. The first-order valence-electron chi connectivity index (χ1n) is 14.0. The van der Waals surface area contributed by atoms with E-state index in [0.717, 1.165) is 17.1 Å². The molecule has 0 N–H and O–H groups in total. The molecule has 0 aromatic heterocycles. The van der Waals surface area contributed by atoms with Gasteiger partial charge < -0.3 is 4.90 Å². The molecule has 1 nitrogen and oxygen atoms in total. The van der Waals surface area contributed by atoms with E-state index in [2.05, 4.69) is 170 Å². The van der Waals surface area contributed by atoms with Gasteiger partial charge in [0.15, 0.2) is 0 Å². The normalized spacial score (nSPS) is 12.9. The second-order valence-electron chi connectivity index (χ2n) is 10.8. The number of nitrogens with zero attached hydrogens (tertiary/aromatic N) is 1. The standard InChI is InChI=1S/C39H31N/c1-28-18-24-35-36-25-19-29(2)27-38(36)39(37(35)26-28,30-12-6-3-7-13-30)31-20-22-34(23-21-31)40(32-14-8-4-9-15-32)33-16-10-5-11-17-33/h3-27H,1-2H3. The van der Waals surface area contributed by atoms with Gasteiger partial charge in [-0.1, -0.05) is 126 Å². The van der Waals surface area contributed by atoms with E-state index in [1.807, 2.05) is 0 Å². The zero-order chi connectivity index (χ0) is 27.1. The third-order valence-corrected chi connectivity index (χ3v) is 8.24. The van der Waals surface area contributed by atoms with Crippen LogP contribution in [0.1, 0.15) is 33.4 Å². The van der Waals surface area contributed by atoms with Crippen LogP contribution in [0.2, 0.25) is 0 Å². The molecule has 0 fully saturated rings. The molecule has 0 bridgehead atoms. The van der Waals surface area contributed by atoms with E-state index in [4.69, 9.17) is 0 Å². The van der Waals surface area contributed by atoms with Crippen molar-refractivity contribution < 1.29 is 0 Å². The molecule has 1 heteroatoms. The first-order valence-corrected chi connectivity index (χ1v) is 14.0. The van der Waals surface area contributed by atoms with Crippen molar-refractivity contribution in [2.75, 3.05) is 4.90 Å². The summed E-state index contributed by atoms with van der Waals surface area (Å²) in [5.74, 6) is 0. The maximum absolute atomic E-state index is 2.39. The fraction of sp³-hybridized carbons (Fsp3) is 0.0769. The summed E-state index contributed by atoms with van der Waals surface area (Å²) in [5.41, 5.74) is 13.5. The van der Waals surface area contributed by atoms with Gasteiger partial charge in [-0.25, -0.2) is 0 Å². The number of hydrogen-bond acceptors (Lipinski definition) is 1. The maximum Gasteiger partial charge on any atom is 0.0713 e. The first kappa shape index (κ1) is 24.2. The Hall–Kier alpha value is -4.88. The zero-order valence-corrected chi connectivity index (χ0v) is 22.9. The summed E-state index contributed by atoms with van der Waals surface area (Å²) < 4.78 is 0. The number of hydrogen-bond donors (Lipinski definition) is 0. The van der Waals surface area contributed by atoms with Crippen LogP contribution in [0.15, 0.2) is 152 Å². The van der Waals surface area contributed by atoms with E-state index >= 15 is 0 Å². The van der Waals surface area contributed by atoms with Gasteiger partial charge in [0, 0.05) is 17.1 Å². The van der Waals surface area contributed by atoms with Crippen LogP contribution in [0.4, 0.5) is 17.1 Å². The molecule has 0 unspecified atom stereocenters. The van der Waals surface area contributed by atoms with Crippen LogP contribution in [-0.2, 0) is 5.41 Å². The number of fused-ring (bicyclic) bond motifs is 3. The summed E-state index contributed by atoms with van der Waals surface area (Å²) in [6, 6.07) is 55.4. The first-order chi connectivity index (χ1) is 19.7. The van der Waals surface area contributed by atoms with E-state index in [1.165, 1.54) is 44.5 Å². The van der Waals surface area contributed by atoms with Crippen molar-refractivity contribution in [3.8, 4) is 11.1 Å². The van der Waals surface area contributed by atoms with Gasteiger partial charge >= 0.3 is 0 Å². The van der Waals surface area contributed by atoms with Crippen molar-refractivity contribution in [3.63, 3.8) is 0 Å². The van der Waals surface area contributed by atoms with Crippen molar-refractivity contribution >= 4 is 17.1 Å². The quantitative estimate of drug-likeness (QED) is 0.221. The SMILES string of the molecule is Cc1ccc2c(c1)C(c1ccccc1)(c1ccc(N(c3ccccc3)c3ccccc3)cc1)c1cc(C)ccc1-2. The van der Waals surface area contributed by atoms with Gasteiger partial charge in [0.25, 0.3) is 0 Å². The summed E-state index contributed by atoms with van der Waals surface area (Å²) in [5, 5.41) is 0. The van der Waals surface area contributed by atoms with Gasteiger partial charge in [-0.15, -0.1) is 0 Å². The van der Waals surface area contributed by atoms with Gasteiger partial charge in [0.2, 0.25) is 0 Å². The highest BCUT2D eigenvalue weighted by atomic mass is 15.1. The van der Waals surface area contributed by atoms with Crippen LogP contribution >= 0.6 is 0 Å². The lowest BCUT2D eigenvalue weighted by molar-refractivity contribution is 0.766. The van der Waals surface area contributed by atoms with Crippen molar-refractivity contribution in [3.05, 3.63) is 185 Å². The Labute approximate surface area is 237 Å². The summed E-state index contributed by atoms with van der Waals surface area (Å²) in [6.07, 6.45) is 0. The second-order valence-corrected chi connectivity index (χ2v) is 10.8. The lowest BCUT2D eigenvalue weighted by Crippen LogP contribution is -2.28. The summed E-state index contributed by atoms with van der Waals surface area (Å²) in [4.78, 5) is 2.32. The molecule has 0 spiro atoms. The van der Waals surface area contributed by atoms with E-state index in [0.29, 0.717) is 0 Å². The predicted molar refractivity (Wildman–Crippen MR) is 168 cm³/mol. The highest BCUT2D eigenvalue weighted by Gasteiger charge is 2.46. The number of para-hydroxylation sites is 2. The molecule has 0 saturated carbocycles. The van der Waals surface area contributed by atoms with Gasteiger partial charge in [-0.05, 0) is 83.6 Å². The van der Waals surface area contributed by atoms with Crippen LogP contribution in [0, 0.1) is 13.8 Å². The average Bonchev–Trinajstić information content (AvgIpc) is 3.28. The molecule has 0 atom stereocenters. The minimum atomic E-state index is -0.396. The van der Waals surface area contributed by atoms with Crippen LogP contribution in [-0.4, -0.2) is 0 Å². The summed E-state index contributed by atoms with van der Waals surface area (Å²) in [7, 11) is 0.